The first-order valence-electron chi connectivity index (χ1n) is 9.16. The number of piperidine rings is 1. The van der Waals surface area contributed by atoms with E-state index in [-0.39, 0.29) is 0 Å². The van der Waals surface area contributed by atoms with Gasteiger partial charge in [0, 0.05) is 25.2 Å². The van der Waals surface area contributed by atoms with Crippen molar-refractivity contribution in [1.29, 1.82) is 0 Å². The molecule has 1 N–H and O–H groups in total. The molecule has 24 heavy (non-hydrogen) atoms. The highest BCUT2D eigenvalue weighted by Crippen LogP contribution is 2.56. The van der Waals surface area contributed by atoms with Crippen molar-refractivity contribution in [2.45, 2.75) is 57.4 Å². The van der Waals surface area contributed by atoms with Gasteiger partial charge in [0.1, 0.15) is 5.82 Å². The fourth-order valence-electron chi connectivity index (χ4n) is 4.33. The molecule has 0 unspecified atom stereocenters. The number of rotatable bonds is 4. The maximum Gasteiger partial charge on any atom is 0.356 e. The highest BCUT2D eigenvalue weighted by atomic mass is 16.5. The van der Waals surface area contributed by atoms with Crippen LogP contribution in [-0.2, 0) is 4.74 Å². The zero-order valence-corrected chi connectivity index (χ0v) is 14.4. The summed E-state index contributed by atoms with van der Waals surface area (Å²) in [5.41, 5.74) is 0.958. The third kappa shape index (κ3) is 2.94. The van der Waals surface area contributed by atoms with Crippen molar-refractivity contribution in [3.05, 3.63) is 11.8 Å². The molecule has 3 fully saturated rings. The lowest BCUT2D eigenvalue weighted by Crippen LogP contribution is -2.49. The number of hydrogen-bond acceptors (Lipinski definition) is 6. The number of nitrogens with zero attached hydrogens (tertiary/aromatic N) is 3. The van der Waals surface area contributed by atoms with Crippen LogP contribution in [0.25, 0.3) is 0 Å². The molecule has 0 bridgehead atoms. The van der Waals surface area contributed by atoms with E-state index in [4.69, 9.17) is 4.74 Å². The first-order valence-corrected chi connectivity index (χ1v) is 9.16. The van der Waals surface area contributed by atoms with Crippen LogP contribution < -0.4 is 10.2 Å². The second kappa shape index (κ2) is 6.22. The minimum Gasteiger partial charge on any atom is -0.464 e. The Labute approximate surface area is 143 Å². The third-order valence-electron chi connectivity index (χ3n) is 5.87. The van der Waals surface area contributed by atoms with Gasteiger partial charge in [-0.15, -0.1) is 0 Å². The van der Waals surface area contributed by atoms with E-state index in [1.54, 1.807) is 6.07 Å². The number of hydrogen-bond donors (Lipinski definition) is 1. The van der Waals surface area contributed by atoms with Gasteiger partial charge >= 0.3 is 5.97 Å². The van der Waals surface area contributed by atoms with Crippen molar-refractivity contribution in [2.24, 2.45) is 5.41 Å². The maximum absolute atomic E-state index is 12.0. The van der Waals surface area contributed by atoms with Gasteiger partial charge in [-0.1, -0.05) is 6.42 Å². The smallest absolute Gasteiger partial charge is 0.356 e. The summed E-state index contributed by atoms with van der Waals surface area (Å²) in [5.74, 6) is 1.01. The summed E-state index contributed by atoms with van der Waals surface area (Å²) < 4.78 is 4.86. The monoisotopic (exact) mass is 330 g/mol. The largest absolute Gasteiger partial charge is 0.464 e. The molecule has 0 amide bonds. The predicted molar refractivity (Wildman–Crippen MR) is 92.4 cm³/mol. The number of nitrogens with one attached hydrogen (secondary N) is 1. The van der Waals surface area contributed by atoms with Gasteiger partial charge in [0.25, 0.3) is 0 Å². The first kappa shape index (κ1) is 15.7. The molecule has 2 saturated carbocycles. The summed E-state index contributed by atoms with van der Waals surface area (Å²) in [6.45, 7) is 1.91. The van der Waals surface area contributed by atoms with Crippen LogP contribution in [0.1, 0.15) is 61.9 Å². The number of methoxy groups -OCH3 is 1. The molecule has 2 aliphatic carbocycles. The lowest BCUT2D eigenvalue weighted by atomic mass is 9.54. The molecule has 6 heteroatoms. The van der Waals surface area contributed by atoms with Crippen LogP contribution in [0.3, 0.4) is 0 Å². The second-order valence-corrected chi connectivity index (χ2v) is 7.58. The molecule has 4 rings (SSSR count). The standard InChI is InChI=1S/C18H26N4O2/c1-24-16(23)14-10-15(19-13-11-18(12-13)6-5-7-18)21-17(20-14)22-8-3-2-4-9-22/h10,13H,2-9,11-12H2,1H3,(H,19,20,21). The average Bonchev–Trinajstić information content (AvgIpc) is 2.55. The Hall–Kier alpha value is -1.85. The Balaban J connectivity index is 1.52. The van der Waals surface area contributed by atoms with Crippen LogP contribution >= 0.6 is 0 Å². The fourth-order valence-corrected chi connectivity index (χ4v) is 4.33. The summed E-state index contributed by atoms with van der Waals surface area (Å²) in [6.07, 6.45) is 10.1. The van der Waals surface area contributed by atoms with Crippen LogP contribution in [0, 0.1) is 5.41 Å². The number of aromatic nitrogens is 2. The van der Waals surface area contributed by atoms with Crippen molar-refractivity contribution in [1.82, 2.24) is 9.97 Å². The van der Waals surface area contributed by atoms with Crippen molar-refractivity contribution >= 4 is 17.7 Å². The summed E-state index contributed by atoms with van der Waals surface area (Å²) in [4.78, 5) is 23.3. The van der Waals surface area contributed by atoms with E-state index in [9.17, 15) is 4.79 Å². The van der Waals surface area contributed by atoms with Gasteiger partial charge in [0.2, 0.25) is 5.95 Å². The van der Waals surface area contributed by atoms with E-state index in [0.717, 1.165) is 31.7 Å². The van der Waals surface area contributed by atoms with Crippen LogP contribution in [0.15, 0.2) is 6.07 Å². The molecule has 1 aromatic heterocycles. The van der Waals surface area contributed by atoms with E-state index < -0.39 is 5.97 Å². The van der Waals surface area contributed by atoms with Crippen LogP contribution in [0.5, 0.6) is 0 Å². The van der Waals surface area contributed by atoms with E-state index in [2.05, 4.69) is 20.2 Å². The van der Waals surface area contributed by atoms with Crippen molar-refractivity contribution in [2.75, 3.05) is 30.4 Å². The highest BCUT2D eigenvalue weighted by molar-refractivity contribution is 5.88. The molecule has 1 aliphatic heterocycles. The van der Waals surface area contributed by atoms with Crippen LogP contribution in [0.2, 0.25) is 0 Å². The molecule has 3 aliphatic rings. The Morgan fingerprint density at radius 1 is 1.21 bits per heavy atom. The molecule has 130 valence electrons. The highest BCUT2D eigenvalue weighted by Gasteiger charge is 2.48. The number of ether oxygens (including phenoxy) is 1. The van der Waals surface area contributed by atoms with Crippen LogP contribution in [-0.4, -0.2) is 42.2 Å². The van der Waals surface area contributed by atoms with E-state index in [1.165, 1.54) is 45.6 Å². The topological polar surface area (TPSA) is 67.3 Å². The van der Waals surface area contributed by atoms with Gasteiger partial charge in [-0.3, -0.25) is 0 Å². The molecule has 0 atom stereocenters. The Kier molecular flexibility index (Phi) is 4.06. The molecular formula is C18H26N4O2. The van der Waals surface area contributed by atoms with Crippen molar-refractivity contribution in [3.63, 3.8) is 0 Å². The maximum atomic E-state index is 12.0. The van der Waals surface area contributed by atoms with Crippen molar-refractivity contribution in [3.8, 4) is 0 Å². The van der Waals surface area contributed by atoms with Gasteiger partial charge in [0.05, 0.1) is 7.11 Å². The fraction of sp³-hybridized carbons (Fsp3) is 0.722. The Morgan fingerprint density at radius 2 is 1.96 bits per heavy atom. The summed E-state index contributed by atoms with van der Waals surface area (Å²) in [6, 6.07) is 2.20. The van der Waals surface area contributed by atoms with Crippen LogP contribution in [0.4, 0.5) is 11.8 Å². The molecule has 2 heterocycles. The van der Waals surface area contributed by atoms with E-state index in [0.29, 0.717) is 23.1 Å². The van der Waals surface area contributed by atoms with Gasteiger partial charge in [-0.2, -0.15) is 4.98 Å². The third-order valence-corrected chi connectivity index (χ3v) is 5.87. The molecule has 0 radical (unpaired) electrons. The SMILES string of the molecule is COC(=O)c1cc(NC2CC3(CCC3)C2)nc(N2CCCCC2)n1. The lowest BCUT2D eigenvalue weighted by Gasteiger charge is -2.54. The van der Waals surface area contributed by atoms with Crippen molar-refractivity contribution < 1.29 is 9.53 Å². The van der Waals surface area contributed by atoms with E-state index in [1.807, 2.05) is 0 Å². The summed E-state index contributed by atoms with van der Waals surface area (Å²) >= 11 is 0. The second-order valence-electron chi connectivity index (χ2n) is 7.58. The molecule has 0 aromatic carbocycles. The number of anilines is 2. The minimum absolute atomic E-state index is 0.341. The molecule has 6 nitrogen and oxygen atoms in total. The lowest BCUT2D eigenvalue weighted by molar-refractivity contribution is 0.0191. The number of carbonyl (C=O) groups excluding carboxylic acids is 1. The van der Waals surface area contributed by atoms with Gasteiger partial charge < -0.3 is 15.0 Å². The van der Waals surface area contributed by atoms with Gasteiger partial charge in [-0.05, 0) is 50.4 Å². The quantitative estimate of drug-likeness (QED) is 0.856. The molecule has 1 saturated heterocycles. The summed E-state index contributed by atoms with van der Waals surface area (Å²) in [7, 11) is 1.39. The molecular weight excluding hydrogens is 304 g/mol. The number of carbonyl (C=O) groups is 1. The summed E-state index contributed by atoms with van der Waals surface area (Å²) in [5, 5.41) is 3.52. The zero-order chi connectivity index (χ0) is 16.6. The Morgan fingerprint density at radius 3 is 2.58 bits per heavy atom. The molecule has 1 aromatic rings. The van der Waals surface area contributed by atoms with E-state index >= 15 is 0 Å². The van der Waals surface area contributed by atoms with Gasteiger partial charge in [0.15, 0.2) is 5.69 Å². The molecule has 1 spiro atoms. The zero-order valence-electron chi connectivity index (χ0n) is 14.4. The first-order chi connectivity index (χ1) is 11.7. The minimum atomic E-state index is -0.400. The average molecular weight is 330 g/mol. The normalized spacial score (nSPS) is 22.6. The Bertz CT molecular complexity index is 615. The van der Waals surface area contributed by atoms with Gasteiger partial charge in [-0.25, -0.2) is 9.78 Å². The predicted octanol–water partition coefficient (Wildman–Crippen LogP) is 3.00. The number of esters is 1.